The molecule has 0 aliphatic carbocycles. The number of aromatic nitrogens is 2. The number of halogens is 2. The van der Waals surface area contributed by atoms with Gasteiger partial charge in [0.2, 0.25) is 5.28 Å². The average molecular weight is 306 g/mol. The molecule has 6 heteroatoms. The summed E-state index contributed by atoms with van der Waals surface area (Å²) in [7, 11) is 0. The summed E-state index contributed by atoms with van der Waals surface area (Å²) in [5.74, 6) is -0.511. The highest BCUT2D eigenvalue weighted by Gasteiger charge is 2.23. The highest BCUT2D eigenvalue weighted by atomic mass is 35.5. The molecular weight excluding hydrogens is 293 g/mol. The van der Waals surface area contributed by atoms with Gasteiger partial charge in [0.05, 0.1) is 6.20 Å². The number of hydrogen-bond donors (Lipinski definition) is 0. The maximum atomic E-state index is 13.8. The van der Waals surface area contributed by atoms with E-state index in [4.69, 9.17) is 11.6 Å². The summed E-state index contributed by atoms with van der Waals surface area (Å²) in [5, 5.41) is -0.00245. The van der Waals surface area contributed by atoms with Gasteiger partial charge in [0.15, 0.2) is 5.82 Å². The van der Waals surface area contributed by atoms with E-state index in [2.05, 4.69) is 9.97 Å². The molecule has 2 aromatic rings. The van der Waals surface area contributed by atoms with E-state index in [0.29, 0.717) is 24.2 Å². The molecule has 0 N–H and O–H groups in total. The van der Waals surface area contributed by atoms with Crippen LogP contribution in [0.3, 0.4) is 0 Å². The zero-order valence-corrected chi connectivity index (χ0v) is 12.2. The van der Waals surface area contributed by atoms with Crippen molar-refractivity contribution in [2.24, 2.45) is 0 Å². The lowest BCUT2D eigenvalue weighted by Crippen LogP contribution is -2.37. The first-order valence-corrected chi connectivity index (χ1v) is 7.08. The van der Waals surface area contributed by atoms with Crippen molar-refractivity contribution in [3.8, 4) is 11.3 Å². The van der Waals surface area contributed by atoms with Crippen LogP contribution in [0, 0.1) is 5.82 Å². The number of carbonyl (C=O) groups excluding carboxylic acids is 1. The van der Waals surface area contributed by atoms with E-state index in [-0.39, 0.29) is 16.9 Å². The Kier molecular flexibility index (Phi) is 3.59. The lowest BCUT2D eigenvalue weighted by atomic mass is 9.95. The van der Waals surface area contributed by atoms with Crippen LogP contribution in [-0.2, 0) is 6.42 Å². The Hall–Kier alpha value is -2.01. The summed E-state index contributed by atoms with van der Waals surface area (Å²) in [4.78, 5) is 21.5. The Bertz CT molecular complexity index is 720. The molecule has 4 nitrogen and oxygen atoms in total. The van der Waals surface area contributed by atoms with Crippen LogP contribution >= 0.6 is 11.6 Å². The topological polar surface area (TPSA) is 46.1 Å². The first-order valence-electron chi connectivity index (χ1n) is 6.70. The van der Waals surface area contributed by atoms with Gasteiger partial charge in [-0.15, -0.1) is 0 Å². The number of fused-ring (bicyclic) bond motifs is 1. The first-order chi connectivity index (χ1) is 10.1. The number of rotatable bonds is 2. The first kappa shape index (κ1) is 13.9. The number of amides is 1. The zero-order chi connectivity index (χ0) is 15.0. The minimum atomic E-state index is -0.531. The Balaban J connectivity index is 2.05. The van der Waals surface area contributed by atoms with Gasteiger partial charge in [-0.1, -0.05) is 6.07 Å². The molecule has 1 amide bonds. The van der Waals surface area contributed by atoms with Gasteiger partial charge >= 0.3 is 0 Å². The predicted molar refractivity (Wildman–Crippen MR) is 77.7 cm³/mol. The fourth-order valence-corrected chi connectivity index (χ4v) is 2.67. The largest absolute Gasteiger partial charge is 0.339 e. The van der Waals surface area contributed by atoms with Crippen LogP contribution in [0.2, 0.25) is 5.28 Å². The smallest absolute Gasteiger partial charge is 0.254 e. The molecule has 0 saturated carbocycles. The minimum Gasteiger partial charge on any atom is -0.339 e. The molecule has 21 heavy (non-hydrogen) atoms. The van der Waals surface area contributed by atoms with Crippen molar-refractivity contribution in [3.05, 3.63) is 46.6 Å². The number of likely N-dealkylation sites (N-methyl/N-ethyl adjacent to an activating group) is 1. The second-order valence-corrected chi connectivity index (χ2v) is 5.18. The fraction of sp³-hybridized carbons (Fsp3) is 0.267. The number of benzene rings is 1. The predicted octanol–water partition coefficient (Wildman–Crippen LogP) is 2.95. The van der Waals surface area contributed by atoms with Gasteiger partial charge < -0.3 is 4.90 Å². The highest BCUT2D eigenvalue weighted by Crippen LogP contribution is 2.27. The van der Waals surface area contributed by atoms with Crippen molar-refractivity contribution in [2.75, 3.05) is 13.1 Å². The Morgan fingerprint density at radius 3 is 3.00 bits per heavy atom. The Morgan fingerprint density at radius 1 is 1.43 bits per heavy atom. The number of carbonyl (C=O) groups is 1. The van der Waals surface area contributed by atoms with Gasteiger partial charge in [0, 0.05) is 24.2 Å². The number of hydrogen-bond acceptors (Lipinski definition) is 3. The van der Waals surface area contributed by atoms with Gasteiger partial charge in [-0.25, -0.2) is 14.4 Å². The third-order valence-corrected chi connectivity index (χ3v) is 3.83. The van der Waals surface area contributed by atoms with Crippen molar-refractivity contribution in [2.45, 2.75) is 13.3 Å². The van der Waals surface area contributed by atoms with Crippen LogP contribution in [0.25, 0.3) is 11.3 Å². The molecule has 0 fully saturated rings. The molecule has 108 valence electrons. The molecule has 0 radical (unpaired) electrons. The summed E-state index contributed by atoms with van der Waals surface area (Å²) >= 11 is 5.72. The van der Waals surface area contributed by atoms with Gasteiger partial charge in [-0.05, 0) is 42.6 Å². The second-order valence-electron chi connectivity index (χ2n) is 4.84. The summed E-state index contributed by atoms with van der Waals surface area (Å²) in [6.45, 7) is 3.32. The summed E-state index contributed by atoms with van der Waals surface area (Å²) < 4.78 is 13.8. The molecule has 0 unspecified atom stereocenters. The number of nitrogens with zero attached hydrogens (tertiary/aromatic N) is 3. The molecule has 0 saturated heterocycles. The zero-order valence-electron chi connectivity index (χ0n) is 11.4. The third kappa shape index (κ3) is 2.49. The molecule has 1 aromatic heterocycles. The summed E-state index contributed by atoms with van der Waals surface area (Å²) in [6.07, 6.45) is 1.80. The fourth-order valence-electron chi connectivity index (χ4n) is 2.53. The standard InChI is InChI=1S/C15H13ClFN3O/c1-2-20-6-5-9-7-10(3-4-11(9)14(20)21)13-12(17)8-18-15(16)19-13/h3-4,7-8H,2,5-6H2,1H3. The molecule has 1 aromatic carbocycles. The molecule has 3 rings (SSSR count). The van der Waals surface area contributed by atoms with E-state index in [9.17, 15) is 9.18 Å². The van der Waals surface area contributed by atoms with Crippen LogP contribution in [-0.4, -0.2) is 33.9 Å². The van der Waals surface area contributed by atoms with Crippen molar-refractivity contribution in [3.63, 3.8) is 0 Å². The molecule has 0 bridgehead atoms. The van der Waals surface area contributed by atoms with Gasteiger partial charge in [0.1, 0.15) is 5.69 Å². The summed E-state index contributed by atoms with van der Waals surface area (Å²) in [5.41, 5.74) is 2.35. The van der Waals surface area contributed by atoms with E-state index >= 15 is 0 Å². The molecule has 0 atom stereocenters. The SMILES string of the molecule is CCN1CCc2cc(-c3nc(Cl)ncc3F)ccc2C1=O. The summed E-state index contributed by atoms with van der Waals surface area (Å²) in [6, 6.07) is 5.23. The van der Waals surface area contributed by atoms with Crippen LogP contribution in [0.5, 0.6) is 0 Å². The quantitative estimate of drug-likeness (QED) is 0.801. The third-order valence-electron chi connectivity index (χ3n) is 3.64. The minimum absolute atomic E-state index is 0.00245. The van der Waals surface area contributed by atoms with Crippen molar-refractivity contribution < 1.29 is 9.18 Å². The molecule has 2 heterocycles. The van der Waals surface area contributed by atoms with E-state index in [0.717, 1.165) is 18.2 Å². The van der Waals surface area contributed by atoms with E-state index in [1.807, 2.05) is 13.0 Å². The van der Waals surface area contributed by atoms with E-state index in [1.165, 1.54) is 0 Å². The van der Waals surface area contributed by atoms with Crippen LogP contribution < -0.4 is 0 Å². The van der Waals surface area contributed by atoms with E-state index in [1.54, 1.807) is 17.0 Å². The Morgan fingerprint density at radius 2 is 2.24 bits per heavy atom. The second kappa shape index (κ2) is 5.41. The Labute approximate surface area is 126 Å². The van der Waals surface area contributed by atoms with Gasteiger partial charge in [-0.2, -0.15) is 0 Å². The monoisotopic (exact) mass is 305 g/mol. The normalized spacial score (nSPS) is 14.2. The highest BCUT2D eigenvalue weighted by molar-refractivity contribution is 6.28. The maximum Gasteiger partial charge on any atom is 0.254 e. The molecule has 1 aliphatic heterocycles. The van der Waals surface area contributed by atoms with Crippen molar-refractivity contribution in [1.29, 1.82) is 0 Å². The van der Waals surface area contributed by atoms with E-state index < -0.39 is 5.82 Å². The molecule has 1 aliphatic rings. The lowest BCUT2D eigenvalue weighted by Gasteiger charge is -2.27. The van der Waals surface area contributed by atoms with Gasteiger partial charge in [-0.3, -0.25) is 4.79 Å². The average Bonchev–Trinajstić information content (AvgIpc) is 2.50. The lowest BCUT2D eigenvalue weighted by molar-refractivity contribution is 0.0749. The van der Waals surface area contributed by atoms with Gasteiger partial charge in [0.25, 0.3) is 5.91 Å². The van der Waals surface area contributed by atoms with Crippen LogP contribution in [0.1, 0.15) is 22.8 Å². The molecule has 0 spiro atoms. The van der Waals surface area contributed by atoms with Crippen molar-refractivity contribution >= 4 is 17.5 Å². The maximum absolute atomic E-state index is 13.8. The van der Waals surface area contributed by atoms with Crippen LogP contribution in [0.15, 0.2) is 24.4 Å². The van der Waals surface area contributed by atoms with Crippen LogP contribution in [0.4, 0.5) is 4.39 Å². The molecular formula is C15H13ClFN3O. The van der Waals surface area contributed by atoms with Crippen molar-refractivity contribution in [1.82, 2.24) is 14.9 Å².